The van der Waals surface area contributed by atoms with Crippen LogP contribution >= 0.6 is 11.6 Å². The number of anilines is 1. The molecule has 0 spiro atoms. The zero-order valence-corrected chi connectivity index (χ0v) is 17.0. The van der Waals surface area contributed by atoms with Crippen molar-refractivity contribution in [1.82, 2.24) is 20.6 Å². The van der Waals surface area contributed by atoms with Crippen molar-refractivity contribution in [2.45, 2.75) is 13.0 Å². The van der Waals surface area contributed by atoms with Crippen LogP contribution in [-0.2, 0) is 11.4 Å². The van der Waals surface area contributed by atoms with Crippen LogP contribution in [0.5, 0.6) is 5.75 Å². The van der Waals surface area contributed by atoms with E-state index in [1.807, 2.05) is 35.3 Å². The number of aromatic nitrogens is 3. The van der Waals surface area contributed by atoms with E-state index >= 15 is 0 Å². The van der Waals surface area contributed by atoms with Crippen LogP contribution in [0.15, 0.2) is 63.2 Å². The van der Waals surface area contributed by atoms with Crippen molar-refractivity contribution in [2.75, 3.05) is 11.9 Å². The number of hydrogen-bond acceptors (Lipinski definition) is 7. The molecule has 10 nitrogen and oxygen atoms in total. The molecule has 11 heteroatoms. The van der Waals surface area contributed by atoms with Gasteiger partial charge in [-0.25, -0.2) is 15.3 Å². The SMILES string of the molecule is O=C(CCNc1n[nH]c(=O)[nH]c1=O)N/N=C/c1ccc(OCc2ccccc2)c(Cl)c1. The summed E-state index contributed by atoms with van der Waals surface area (Å²) in [6.07, 6.45) is 1.48. The Balaban J connectivity index is 1.44. The van der Waals surface area contributed by atoms with E-state index in [4.69, 9.17) is 16.3 Å². The predicted molar refractivity (Wildman–Crippen MR) is 117 cm³/mol. The molecule has 0 aliphatic rings. The molecule has 4 N–H and O–H groups in total. The number of carbonyl (C=O) groups is 1. The van der Waals surface area contributed by atoms with E-state index in [1.165, 1.54) is 6.21 Å². The highest BCUT2D eigenvalue weighted by Crippen LogP contribution is 2.25. The summed E-state index contributed by atoms with van der Waals surface area (Å²) in [6, 6.07) is 14.9. The minimum atomic E-state index is -0.710. The molecule has 160 valence electrons. The van der Waals surface area contributed by atoms with Crippen molar-refractivity contribution in [1.29, 1.82) is 0 Å². The van der Waals surface area contributed by atoms with Crippen LogP contribution in [0.3, 0.4) is 0 Å². The number of rotatable bonds is 9. The Kier molecular flexibility index (Phi) is 7.55. The van der Waals surface area contributed by atoms with Gasteiger partial charge in [0.05, 0.1) is 11.2 Å². The lowest BCUT2D eigenvalue weighted by molar-refractivity contribution is -0.120. The Hall–Kier alpha value is -3.92. The first-order chi connectivity index (χ1) is 15.0. The van der Waals surface area contributed by atoms with Gasteiger partial charge in [-0.3, -0.25) is 14.6 Å². The first kappa shape index (κ1) is 21.8. The van der Waals surface area contributed by atoms with E-state index in [0.29, 0.717) is 22.9 Å². The Labute approximate surface area is 181 Å². The number of amides is 1. The van der Waals surface area contributed by atoms with Gasteiger partial charge in [0.1, 0.15) is 12.4 Å². The summed E-state index contributed by atoms with van der Waals surface area (Å²) in [5, 5.41) is 12.6. The molecule has 0 saturated carbocycles. The number of H-pyrrole nitrogens is 2. The van der Waals surface area contributed by atoms with Crippen molar-refractivity contribution in [2.24, 2.45) is 5.10 Å². The van der Waals surface area contributed by atoms with Crippen LogP contribution in [0.4, 0.5) is 5.82 Å². The van der Waals surface area contributed by atoms with Crippen molar-refractivity contribution in [3.63, 3.8) is 0 Å². The standard InChI is InChI=1S/C20H19ClN6O4/c21-15-10-14(6-7-16(15)31-12-13-4-2-1-3-5-13)11-23-25-17(28)8-9-22-18-19(29)24-20(30)27-26-18/h1-7,10-11H,8-9,12H2,(H,22,26)(H,25,28)(H2,24,27,29,30)/b23-11+. The summed E-state index contributed by atoms with van der Waals surface area (Å²) in [5.74, 6) is 0.0854. The van der Waals surface area contributed by atoms with E-state index in [0.717, 1.165) is 5.56 Å². The van der Waals surface area contributed by atoms with Crippen LogP contribution < -0.4 is 26.7 Å². The van der Waals surface area contributed by atoms with E-state index in [9.17, 15) is 14.4 Å². The summed E-state index contributed by atoms with van der Waals surface area (Å²) >= 11 is 6.25. The second-order valence-electron chi connectivity index (χ2n) is 6.29. The van der Waals surface area contributed by atoms with E-state index < -0.39 is 11.2 Å². The van der Waals surface area contributed by atoms with Gasteiger partial charge >= 0.3 is 5.69 Å². The normalized spacial score (nSPS) is 10.7. The lowest BCUT2D eigenvalue weighted by Crippen LogP contribution is -2.28. The van der Waals surface area contributed by atoms with Crippen molar-refractivity contribution < 1.29 is 9.53 Å². The third-order valence-electron chi connectivity index (χ3n) is 3.95. The summed E-state index contributed by atoms with van der Waals surface area (Å²) < 4.78 is 5.71. The number of aromatic amines is 2. The first-order valence-electron chi connectivity index (χ1n) is 9.22. The van der Waals surface area contributed by atoms with Crippen LogP contribution in [0.2, 0.25) is 5.02 Å². The Morgan fingerprint density at radius 1 is 1.19 bits per heavy atom. The minimum absolute atomic E-state index is 0.0323. The molecule has 0 saturated heterocycles. The molecule has 3 rings (SSSR count). The summed E-state index contributed by atoms with van der Waals surface area (Å²) in [4.78, 5) is 36.2. The largest absolute Gasteiger partial charge is 0.487 e. The molecule has 31 heavy (non-hydrogen) atoms. The number of halogens is 1. The zero-order valence-electron chi connectivity index (χ0n) is 16.2. The second kappa shape index (κ2) is 10.7. The van der Waals surface area contributed by atoms with E-state index in [-0.39, 0.29) is 24.7 Å². The number of nitrogens with one attached hydrogen (secondary N) is 4. The topological polar surface area (TPSA) is 141 Å². The molecule has 0 aliphatic heterocycles. The number of carbonyl (C=O) groups excluding carboxylic acids is 1. The van der Waals surface area contributed by atoms with Crippen molar-refractivity contribution in [3.8, 4) is 5.75 Å². The van der Waals surface area contributed by atoms with Gasteiger partial charge in [-0.2, -0.15) is 5.10 Å². The Morgan fingerprint density at radius 2 is 2.00 bits per heavy atom. The van der Waals surface area contributed by atoms with Gasteiger partial charge in [0.25, 0.3) is 5.56 Å². The Bertz CT molecular complexity index is 1180. The first-order valence-corrected chi connectivity index (χ1v) is 9.60. The maximum absolute atomic E-state index is 11.8. The monoisotopic (exact) mass is 442 g/mol. The van der Waals surface area contributed by atoms with E-state index in [2.05, 4.69) is 26.0 Å². The fourth-order valence-electron chi connectivity index (χ4n) is 2.45. The molecule has 2 aromatic carbocycles. The summed E-state index contributed by atoms with van der Waals surface area (Å²) in [6.45, 7) is 0.529. The van der Waals surface area contributed by atoms with Crippen molar-refractivity contribution in [3.05, 3.63) is 85.5 Å². The molecule has 0 fully saturated rings. The molecule has 0 atom stereocenters. The number of hydrazone groups is 1. The molecule has 1 aromatic heterocycles. The van der Waals surface area contributed by atoms with Crippen molar-refractivity contribution >= 4 is 29.5 Å². The Morgan fingerprint density at radius 3 is 2.74 bits per heavy atom. The maximum Gasteiger partial charge on any atom is 0.342 e. The van der Waals surface area contributed by atoms with Gasteiger partial charge in [-0.05, 0) is 29.3 Å². The van der Waals surface area contributed by atoms with Crippen LogP contribution in [0, 0.1) is 0 Å². The molecule has 0 unspecified atom stereocenters. The third-order valence-corrected chi connectivity index (χ3v) is 4.25. The highest BCUT2D eigenvalue weighted by Gasteiger charge is 2.05. The molecule has 0 aliphatic carbocycles. The highest BCUT2D eigenvalue weighted by atomic mass is 35.5. The van der Waals surface area contributed by atoms with Gasteiger partial charge in [-0.15, -0.1) is 5.10 Å². The van der Waals surface area contributed by atoms with Crippen LogP contribution in [0.25, 0.3) is 0 Å². The second-order valence-corrected chi connectivity index (χ2v) is 6.70. The smallest absolute Gasteiger partial charge is 0.342 e. The highest BCUT2D eigenvalue weighted by molar-refractivity contribution is 6.32. The minimum Gasteiger partial charge on any atom is -0.487 e. The number of nitrogens with zero attached hydrogens (tertiary/aromatic N) is 2. The summed E-state index contributed by atoms with van der Waals surface area (Å²) in [7, 11) is 0. The molecule has 1 amide bonds. The molecule has 1 heterocycles. The molecule has 3 aromatic rings. The van der Waals surface area contributed by atoms with Crippen LogP contribution in [-0.4, -0.2) is 33.8 Å². The quantitative estimate of drug-likeness (QED) is 0.293. The number of hydrogen-bond donors (Lipinski definition) is 4. The fraction of sp³-hybridized carbons (Fsp3) is 0.150. The fourth-order valence-corrected chi connectivity index (χ4v) is 2.69. The predicted octanol–water partition coefficient (Wildman–Crippen LogP) is 1.64. The summed E-state index contributed by atoms with van der Waals surface area (Å²) in [5.41, 5.74) is 2.70. The zero-order chi connectivity index (χ0) is 22.1. The maximum atomic E-state index is 11.8. The lowest BCUT2D eigenvalue weighted by Gasteiger charge is -2.08. The molecule has 0 radical (unpaired) electrons. The van der Waals surface area contributed by atoms with E-state index in [1.54, 1.807) is 18.2 Å². The van der Waals surface area contributed by atoms with Gasteiger partial charge in [0.15, 0.2) is 0 Å². The average Bonchev–Trinajstić information content (AvgIpc) is 2.75. The van der Waals surface area contributed by atoms with Crippen LogP contribution in [0.1, 0.15) is 17.5 Å². The number of benzene rings is 2. The molecular formula is C20H19ClN6O4. The lowest BCUT2D eigenvalue weighted by atomic mass is 10.2. The van der Waals surface area contributed by atoms with Gasteiger partial charge < -0.3 is 10.1 Å². The number of ether oxygens (including phenoxy) is 1. The van der Waals surface area contributed by atoms with Gasteiger partial charge in [0, 0.05) is 13.0 Å². The average molecular weight is 443 g/mol. The van der Waals surface area contributed by atoms with Gasteiger partial charge in [-0.1, -0.05) is 41.9 Å². The molecular weight excluding hydrogens is 424 g/mol. The molecule has 0 bridgehead atoms. The van der Waals surface area contributed by atoms with Gasteiger partial charge in [0.2, 0.25) is 11.7 Å². The third kappa shape index (κ3) is 6.82.